The van der Waals surface area contributed by atoms with E-state index in [0.717, 1.165) is 58.5 Å². The topological polar surface area (TPSA) is 34.1 Å². The lowest BCUT2D eigenvalue weighted by Crippen LogP contribution is -2.36. The van der Waals surface area contributed by atoms with E-state index in [1.165, 1.54) is 23.9 Å². The first-order valence-electron chi connectivity index (χ1n) is 12.1. The number of aryl methyl sites for hydroxylation is 3. The lowest BCUT2D eigenvalue weighted by molar-refractivity contribution is -0.138. The third-order valence-electron chi connectivity index (χ3n) is 6.95. The number of carbonyl (C=O) groups excluding carboxylic acids is 2. The predicted molar refractivity (Wildman–Crippen MR) is 131 cm³/mol. The molecule has 184 valence electrons. The second kappa shape index (κ2) is 11.1. The van der Waals surface area contributed by atoms with Gasteiger partial charge in [-0.2, -0.15) is 13.2 Å². The molecule has 0 radical (unpaired) electrons. The fourth-order valence-corrected chi connectivity index (χ4v) is 6.34. The number of hydrogen-bond donors (Lipinski definition) is 0. The molecule has 0 aliphatic heterocycles. The number of halogens is 3. The summed E-state index contributed by atoms with van der Waals surface area (Å²) in [5.74, 6) is 0.143. The van der Waals surface area contributed by atoms with Crippen molar-refractivity contribution in [1.82, 2.24) is 0 Å². The summed E-state index contributed by atoms with van der Waals surface area (Å²) in [6.07, 6.45) is -1.21. The van der Waals surface area contributed by atoms with E-state index in [1.54, 1.807) is 0 Å². The van der Waals surface area contributed by atoms with E-state index in [9.17, 15) is 22.8 Å². The number of rotatable bonds is 8. The Labute approximate surface area is 204 Å². The van der Waals surface area contributed by atoms with Crippen LogP contribution >= 0.6 is 11.8 Å². The van der Waals surface area contributed by atoms with E-state index < -0.39 is 17.7 Å². The molecule has 1 atom stereocenters. The average molecular weight is 491 g/mol. The second-order valence-electron chi connectivity index (χ2n) is 9.24. The lowest BCUT2D eigenvalue weighted by Gasteiger charge is -2.33. The monoisotopic (exact) mass is 490 g/mol. The molecule has 1 saturated carbocycles. The van der Waals surface area contributed by atoms with Crippen LogP contribution in [0.3, 0.4) is 0 Å². The van der Waals surface area contributed by atoms with E-state index in [1.807, 2.05) is 13.8 Å². The van der Waals surface area contributed by atoms with Crippen LogP contribution in [0.5, 0.6) is 0 Å². The Hall–Kier alpha value is -2.08. The maximum absolute atomic E-state index is 13.3. The molecule has 34 heavy (non-hydrogen) atoms. The Morgan fingerprint density at radius 3 is 1.91 bits per heavy atom. The summed E-state index contributed by atoms with van der Waals surface area (Å²) in [4.78, 5) is 27.4. The normalized spacial score (nSPS) is 20.0. The number of thioether (sulfide) groups is 1. The minimum Gasteiger partial charge on any atom is -0.299 e. The zero-order chi connectivity index (χ0) is 25.0. The maximum Gasteiger partial charge on any atom is 0.416 e. The number of Topliss-reactive ketones (excluding diaryl/α,β-unsaturated/α-hetero) is 2. The van der Waals surface area contributed by atoms with Crippen LogP contribution in [0, 0.1) is 18.8 Å². The quantitative estimate of drug-likeness (QED) is 0.282. The molecule has 0 heterocycles. The Morgan fingerprint density at radius 1 is 0.941 bits per heavy atom. The molecule has 0 aromatic heterocycles. The van der Waals surface area contributed by atoms with Gasteiger partial charge in [-0.05, 0) is 72.6 Å². The Balaban J connectivity index is 1.73. The van der Waals surface area contributed by atoms with Crippen LogP contribution in [-0.2, 0) is 28.6 Å². The fourth-order valence-electron chi connectivity index (χ4n) is 5.10. The van der Waals surface area contributed by atoms with Crippen LogP contribution in [0.25, 0.3) is 0 Å². The Bertz CT molecular complexity index is 984. The molecule has 0 bridgehead atoms. The highest BCUT2D eigenvalue weighted by Crippen LogP contribution is 2.40. The van der Waals surface area contributed by atoms with Crippen molar-refractivity contribution in [2.75, 3.05) is 5.75 Å². The molecule has 0 saturated heterocycles. The van der Waals surface area contributed by atoms with Crippen molar-refractivity contribution >= 4 is 23.3 Å². The van der Waals surface area contributed by atoms with Crippen LogP contribution in [0.4, 0.5) is 13.2 Å². The summed E-state index contributed by atoms with van der Waals surface area (Å²) in [6.45, 7) is 8.21. The SMILES string of the molecule is CCc1cc(C)cc(CC)c1C1C(=O)CC(C(CC)CSc2ccc(C(F)(F)F)cc2)CC1=O. The number of carbonyl (C=O) groups is 2. The van der Waals surface area contributed by atoms with Crippen molar-refractivity contribution in [3.05, 3.63) is 64.2 Å². The summed E-state index contributed by atoms with van der Waals surface area (Å²) in [6, 6.07) is 9.36. The zero-order valence-corrected chi connectivity index (χ0v) is 21.1. The number of alkyl halides is 3. The summed E-state index contributed by atoms with van der Waals surface area (Å²) in [7, 11) is 0. The molecule has 1 aliphatic carbocycles. The summed E-state index contributed by atoms with van der Waals surface area (Å²) in [5.41, 5.74) is 3.60. The molecule has 2 aromatic rings. The minimum absolute atomic E-state index is 0.00693. The highest BCUT2D eigenvalue weighted by atomic mass is 32.2. The lowest BCUT2D eigenvalue weighted by atomic mass is 9.70. The molecule has 6 heteroatoms. The van der Waals surface area contributed by atoms with Gasteiger partial charge in [-0.3, -0.25) is 9.59 Å². The van der Waals surface area contributed by atoms with Crippen molar-refractivity contribution in [2.24, 2.45) is 11.8 Å². The van der Waals surface area contributed by atoms with Gasteiger partial charge in [0, 0.05) is 23.5 Å². The fraction of sp³-hybridized carbons (Fsp3) is 0.500. The Morgan fingerprint density at radius 2 is 1.47 bits per heavy atom. The van der Waals surface area contributed by atoms with Crippen molar-refractivity contribution in [1.29, 1.82) is 0 Å². The summed E-state index contributed by atoms with van der Waals surface area (Å²) < 4.78 is 38.4. The van der Waals surface area contributed by atoms with E-state index in [2.05, 4.69) is 26.0 Å². The third kappa shape index (κ3) is 5.94. The van der Waals surface area contributed by atoms with Gasteiger partial charge in [0.25, 0.3) is 0 Å². The van der Waals surface area contributed by atoms with Crippen LogP contribution < -0.4 is 0 Å². The summed E-state index contributed by atoms with van der Waals surface area (Å²) >= 11 is 1.49. The molecule has 1 fully saturated rings. The molecule has 0 N–H and O–H groups in total. The van der Waals surface area contributed by atoms with Gasteiger partial charge >= 0.3 is 6.18 Å². The molecule has 1 aliphatic rings. The van der Waals surface area contributed by atoms with Gasteiger partial charge in [0.1, 0.15) is 17.5 Å². The highest BCUT2D eigenvalue weighted by Gasteiger charge is 2.40. The molecule has 0 spiro atoms. The van der Waals surface area contributed by atoms with Gasteiger partial charge in [-0.15, -0.1) is 11.8 Å². The van der Waals surface area contributed by atoms with E-state index in [-0.39, 0.29) is 23.4 Å². The van der Waals surface area contributed by atoms with E-state index >= 15 is 0 Å². The van der Waals surface area contributed by atoms with Crippen LogP contribution in [-0.4, -0.2) is 17.3 Å². The summed E-state index contributed by atoms with van der Waals surface area (Å²) in [5, 5.41) is 0. The molecule has 2 nitrogen and oxygen atoms in total. The van der Waals surface area contributed by atoms with Gasteiger partial charge in [0.05, 0.1) is 5.56 Å². The van der Waals surface area contributed by atoms with Crippen molar-refractivity contribution in [2.45, 2.75) is 76.8 Å². The maximum atomic E-state index is 13.3. The third-order valence-corrected chi connectivity index (χ3v) is 8.15. The first kappa shape index (κ1) is 26.5. The molecule has 1 unspecified atom stereocenters. The first-order valence-corrected chi connectivity index (χ1v) is 13.0. The van der Waals surface area contributed by atoms with Crippen LogP contribution in [0.15, 0.2) is 41.3 Å². The smallest absolute Gasteiger partial charge is 0.299 e. The minimum atomic E-state index is -4.35. The largest absolute Gasteiger partial charge is 0.416 e. The van der Waals surface area contributed by atoms with Crippen LogP contribution in [0.1, 0.15) is 73.8 Å². The molecular formula is C28H33F3O2S. The molecular weight excluding hydrogens is 457 g/mol. The van der Waals surface area contributed by atoms with Gasteiger partial charge in [-0.1, -0.05) is 44.9 Å². The standard InChI is InChI=1S/C28H33F3O2S/c1-5-18-12-17(4)13-19(6-2)26(18)27-24(32)14-21(15-25(27)33)20(7-3)16-34-23-10-8-22(9-11-23)28(29,30)31/h8-13,20-21,27H,5-7,14-16H2,1-4H3. The second-order valence-corrected chi connectivity index (χ2v) is 10.3. The van der Waals surface area contributed by atoms with E-state index in [4.69, 9.17) is 0 Å². The first-order chi connectivity index (χ1) is 16.1. The van der Waals surface area contributed by atoms with Crippen molar-refractivity contribution < 1.29 is 22.8 Å². The zero-order valence-electron chi connectivity index (χ0n) is 20.3. The van der Waals surface area contributed by atoms with Crippen molar-refractivity contribution in [3.8, 4) is 0 Å². The van der Waals surface area contributed by atoms with Crippen LogP contribution in [0.2, 0.25) is 0 Å². The van der Waals surface area contributed by atoms with Gasteiger partial charge in [-0.25, -0.2) is 0 Å². The number of benzene rings is 2. The Kier molecular flexibility index (Phi) is 8.66. The average Bonchev–Trinajstić information content (AvgIpc) is 2.79. The molecule has 3 rings (SSSR count). The van der Waals surface area contributed by atoms with Gasteiger partial charge in [0.2, 0.25) is 0 Å². The van der Waals surface area contributed by atoms with Gasteiger partial charge < -0.3 is 0 Å². The van der Waals surface area contributed by atoms with Crippen molar-refractivity contribution in [3.63, 3.8) is 0 Å². The number of hydrogen-bond acceptors (Lipinski definition) is 3. The number of ketones is 2. The van der Waals surface area contributed by atoms with Gasteiger partial charge in [0.15, 0.2) is 0 Å². The molecule has 0 amide bonds. The predicted octanol–water partition coefficient (Wildman–Crippen LogP) is 7.59. The van der Waals surface area contributed by atoms with E-state index in [0.29, 0.717) is 18.6 Å². The molecule has 2 aromatic carbocycles. The highest BCUT2D eigenvalue weighted by molar-refractivity contribution is 7.99.